The molecule has 1 aliphatic rings. The van der Waals surface area contributed by atoms with Gasteiger partial charge in [-0.05, 0) is 12.8 Å². The summed E-state index contributed by atoms with van der Waals surface area (Å²) in [5.74, 6) is 0.411. The zero-order chi connectivity index (χ0) is 15.8. The Kier molecular flexibility index (Phi) is 3.86. The number of nitrogens with zero attached hydrogens (tertiary/aromatic N) is 4. The van der Waals surface area contributed by atoms with Gasteiger partial charge in [-0.3, -0.25) is 13.8 Å². The molecule has 3 aromatic rings. The van der Waals surface area contributed by atoms with Crippen LogP contribution in [0.15, 0.2) is 33.8 Å². The van der Waals surface area contributed by atoms with Gasteiger partial charge < -0.3 is 5.11 Å². The summed E-state index contributed by atoms with van der Waals surface area (Å²) in [5, 5.41) is 12.3. The highest BCUT2D eigenvalue weighted by Crippen LogP contribution is 2.32. The molecule has 1 N–H and O–H groups in total. The van der Waals surface area contributed by atoms with Crippen molar-refractivity contribution in [3.63, 3.8) is 0 Å². The van der Waals surface area contributed by atoms with E-state index in [0.717, 1.165) is 36.3 Å². The molecule has 0 amide bonds. The molecule has 0 radical (unpaired) electrons. The maximum atomic E-state index is 12.3. The van der Waals surface area contributed by atoms with Gasteiger partial charge in [-0.25, -0.2) is 4.98 Å². The lowest BCUT2D eigenvalue weighted by Gasteiger charge is -2.17. The third-order valence-corrected chi connectivity index (χ3v) is 5.85. The maximum absolute atomic E-state index is 12.3. The van der Waals surface area contributed by atoms with Gasteiger partial charge in [-0.1, -0.05) is 24.6 Å². The van der Waals surface area contributed by atoms with Crippen LogP contribution in [0.25, 0.3) is 4.96 Å². The Labute approximate surface area is 140 Å². The maximum Gasteiger partial charge on any atom is 0.258 e. The molecule has 6 nitrogen and oxygen atoms in total. The van der Waals surface area contributed by atoms with Gasteiger partial charge in [-0.15, -0.1) is 11.3 Å². The van der Waals surface area contributed by atoms with Crippen LogP contribution >= 0.6 is 23.1 Å². The Hall–Kier alpha value is -1.80. The molecule has 0 aromatic carbocycles. The number of thiazole rings is 1. The smallest absolute Gasteiger partial charge is 0.258 e. The molecule has 0 atom stereocenters. The number of hydrogen-bond donors (Lipinski definition) is 1. The molecule has 8 heteroatoms. The van der Waals surface area contributed by atoms with Crippen molar-refractivity contribution in [2.45, 2.75) is 42.6 Å². The first-order chi connectivity index (χ1) is 11.2. The van der Waals surface area contributed by atoms with Crippen LogP contribution in [0.2, 0.25) is 0 Å². The van der Waals surface area contributed by atoms with Crippen LogP contribution < -0.4 is 5.56 Å². The lowest BCUT2D eigenvalue weighted by atomic mass is 10.2. The average molecular weight is 348 g/mol. The van der Waals surface area contributed by atoms with Gasteiger partial charge in [0.05, 0.1) is 11.8 Å². The van der Waals surface area contributed by atoms with Crippen molar-refractivity contribution in [3.8, 4) is 5.88 Å². The quantitative estimate of drug-likeness (QED) is 0.579. The average Bonchev–Trinajstić information content (AvgIpc) is 3.21. The summed E-state index contributed by atoms with van der Waals surface area (Å²) >= 11 is 3.04. The normalized spacial score (nSPS) is 15.7. The second-order valence-electron chi connectivity index (χ2n) is 5.66. The summed E-state index contributed by atoms with van der Waals surface area (Å²) in [6, 6.07) is 1.40. The van der Waals surface area contributed by atoms with Crippen LogP contribution in [0.5, 0.6) is 5.88 Å². The number of fused-ring (bicyclic) bond motifs is 1. The van der Waals surface area contributed by atoms with Crippen molar-refractivity contribution in [2.24, 2.45) is 0 Å². The van der Waals surface area contributed by atoms with Crippen molar-refractivity contribution < 1.29 is 5.11 Å². The second-order valence-corrected chi connectivity index (χ2v) is 7.47. The molecule has 0 aliphatic heterocycles. The largest absolute Gasteiger partial charge is 0.493 e. The number of aromatic hydroxyl groups is 1. The molecule has 4 rings (SSSR count). The summed E-state index contributed by atoms with van der Waals surface area (Å²) in [4.78, 5) is 22.0. The van der Waals surface area contributed by atoms with Gasteiger partial charge in [0.1, 0.15) is 0 Å². The molecule has 1 saturated carbocycles. The fourth-order valence-electron chi connectivity index (χ4n) is 3.04. The van der Waals surface area contributed by atoms with E-state index in [4.69, 9.17) is 0 Å². The fourth-order valence-corrected chi connectivity index (χ4v) is 4.71. The van der Waals surface area contributed by atoms with Crippen molar-refractivity contribution in [2.75, 3.05) is 0 Å². The van der Waals surface area contributed by atoms with Gasteiger partial charge >= 0.3 is 0 Å². The first-order valence-electron chi connectivity index (χ1n) is 7.57. The third-order valence-electron chi connectivity index (χ3n) is 4.09. The summed E-state index contributed by atoms with van der Waals surface area (Å²) < 4.78 is 3.73. The molecular weight excluding hydrogens is 332 g/mol. The van der Waals surface area contributed by atoms with Gasteiger partial charge in [0.2, 0.25) is 5.88 Å². The Morgan fingerprint density at radius 3 is 2.96 bits per heavy atom. The third kappa shape index (κ3) is 2.88. The number of aromatic nitrogens is 4. The Morgan fingerprint density at radius 2 is 2.17 bits per heavy atom. The van der Waals surface area contributed by atoms with E-state index >= 15 is 0 Å². The van der Waals surface area contributed by atoms with Crippen LogP contribution in [0.1, 0.15) is 37.4 Å². The Bertz CT molecular complexity index is 864. The molecule has 23 heavy (non-hydrogen) atoms. The molecule has 0 spiro atoms. The molecule has 3 heterocycles. The van der Waals surface area contributed by atoms with Crippen molar-refractivity contribution >= 4 is 28.1 Å². The standard InChI is InChI=1S/C15H16N4O2S2/c20-12-7-13(21)19(11-3-1-2-4-11)15(17-12)23-9-10-8-18-5-6-22-14(18)16-10/h5-8,11,20H,1-4,9H2. The van der Waals surface area contributed by atoms with E-state index in [-0.39, 0.29) is 17.5 Å². The lowest BCUT2D eigenvalue weighted by Crippen LogP contribution is -2.25. The van der Waals surface area contributed by atoms with E-state index in [1.807, 2.05) is 22.2 Å². The van der Waals surface area contributed by atoms with E-state index in [1.165, 1.54) is 17.8 Å². The summed E-state index contributed by atoms with van der Waals surface area (Å²) in [7, 11) is 0. The molecular formula is C15H16N4O2S2. The number of imidazole rings is 1. The highest BCUT2D eigenvalue weighted by atomic mass is 32.2. The molecule has 0 bridgehead atoms. The SMILES string of the molecule is O=c1cc(O)nc(SCc2cn3ccsc3n2)n1C1CCCC1. The predicted molar refractivity (Wildman–Crippen MR) is 90.3 cm³/mol. The van der Waals surface area contributed by atoms with Crippen molar-refractivity contribution in [1.82, 2.24) is 18.9 Å². The molecule has 1 aliphatic carbocycles. The van der Waals surface area contributed by atoms with Crippen LogP contribution in [-0.4, -0.2) is 24.0 Å². The Balaban J connectivity index is 1.62. The number of rotatable bonds is 4. The zero-order valence-electron chi connectivity index (χ0n) is 12.4. The van der Waals surface area contributed by atoms with E-state index in [1.54, 1.807) is 15.9 Å². The molecule has 0 unspecified atom stereocenters. The van der Waals surface area contributed by atoms with Crippen molar-refractivity contribution in [1.29, 1.82) is 0 Å². The Morgan fingerprint density at radius 1 is 1.35 bits per heavy atom. The van der Waals surface area contributed by atoms with Crippen LogP contribution in [0.3, 0.4) is 0 Å². The molecule has 3 aromatic heterocycles. The van der Waals surface area contributed by atoms with Gasteiger partial charge in [0, 0.05) is 29.6 Å². The fraction of sp³-hybridized carbons (Fsp3) is 0.400. The minimum atomic E-state index is -0.211. The minimum absolute atomic E-state index is 0.169. The predicted octanol–water partition coefficient (Wildman–Crippen LogP) is 3.07. The van der Waals surface area contributed by atoms with Gasteiger partial charge in [-0.2, -0.15) is 4.98 Å². The van der Waals surface area contributed by atoms with E-state index in [0.29, 0.717) is 10.9 Å². The number of thioether (sulfide) groups is 1. The molecule has 120 valence electrons. The van der Waals surface area contributed by atoms with Gasteiger partial charge in [0.25, 0.3) is 5.56 Å². The van der Waals surface area contributed by atoms with Crippen LogP contribution in [-0.2, 0) is 5.75 Å². The first-order valence-corrected chi connectivity index (χ1v) is 9.43. The second kappa shape index (κ2) is 6.01. The van der Waals surface area contributed by atoms with E-state index in [2.05, 4.69) is 9.97 Å². The summed E-state index contributed by atoms with van der Waals surface area (Å²) in [5.41, 5.74) is 0.773. The monoisotopic (exact) mass is 348 g/mol. The minimum Gasteiger partial charge on any atom is -0.493 e. The lowest BCUT2D eigenvalue weighted by molar-refractivity contribution is 0.406. The highest BCUT2D eigenvalue weighted by molar-refractivity contribution is 7.98. The van der Waals surface area contributed by atoms with Crippen molar-refractivity contribution in [3.05, 3.63) is 39.9 Å². The van der Waals surface area contributed by atoms with Crippen LogP contribution in [0.4, 0.5) is 0 Å². The van der Waals surface area contributed by atoms with Gasteiger partial charge in [0.15, 0.2) is 10.1 Å². The number of hydrogen-bond acceptors (Lipinski definition) is 6. The topological polar surface area (TPSA) is 72.4 Å². The summed E-state index contributed by atoms with van der Waals surface area (Å²) in [6.07, 6.45) is 8.24. The first kappa shape index (κ1) is 14.8. The van der Waals surface area contributed by atoms with E-state index < -0.39 is 0 Å². The van der Waals surface area contributed by atoms with E-state index in [9.17, 15) is 9.90 Å². The highest BCUT2D eigenvalue weighted by Gasteiger charge is 2.22. The summed E-state index contributed by atoms with van der Waals surface area (Å²) in [6.45, 7) is 0. The van der Waals surface area contributed by atoms with Crippen LogP contribution in [0, 0.1) is 0 Å². The molecule has 1 fully saturated rings. The molecule has 0 saturated heterocycles. The zero-order valence-corrected chi connectivity index (χ0v) is 14.0.